The molecule has 14 heavy (non-hydrogen) atoms. The molecule has 0 atom stereocenters. The van der Waals surface area contributed by atoms with E-state index in [1.165, 1.54) is 51.9 Å². The molecule has 2 fully saturated rings. The molecule has 0 radical (unpaired) electrons. The van der Waals surface area contributed by atoms with E-state index in [0.29, 0.717) is 5.41 Å². The van der Waals surface area contributed by atoms with Gasteiger partial charge in [0.1, 0.15) is 0 Å². The molecule has 2 aliphatic heterocycles. The zero-order valence-corrected chi connectivity index (χ0v) is 9.68. The predicted molar refractivity (Wildman–Crippen MR) is 60.5 cm³/mol. The lowest BCUT2D eigenvalue weighted by molar-refractivity contribution is -0.0684. The Kier molecular flexibility index (Phi) is 3.13. The molecule has 82 valence electrons. The third kappa shape index (κ3) is 1.82. The van der Waals surface area contributed by atoms with Crippen LogP contribution in [0.25, 0.3) is 0 Å². The molecule has 2 rings (SSSR count). The van der Waals surface area contributed by atoms with Gasteiger partial charge >= 0.3 is 0 Å². The second kappa shape index (κ2) is 4.19. The summed E-state index contributed by atoms with van der Waals surface area (Å²) < 4.78 is 0. The van der Waals surface area contributed by atoms with Crippen molar-refractivity contribution >= 4 is 0 Å². The van der Waals surface area contributed by atoms with Crippen molar-refractivity contribution in [2.24, 2.45) is 5.41 Å². The molecule has 0 aromatic carbocycles. The molecule has 0 aromatic heterocycles. The monoisotopic (exact) mass is 196 g/mol. The van der Waals surface area contributed by atoms with E-state index in [1.807, 2.05) is 0 Å². The van der Waals surface area contributed by atoms with Crippen molar-refractivity contribution in [3.63, 3.8) is 0 Å². The Morgan fingerprint density at radius 3 is 2.07 bits per heavy atom. The fourth-order valence-corrected chi connectivity index (χ4v) is 2.95. The molecule has 2 heteroatoms. The zero-order chi connectivity index (χ0) is 10.0. The number of likely N-dealkylation sites (tertiary alicyclic amines) is 1. The quantitative estimate of drug-likeness (QED) is 0.722. The van der Waals surface area contributed by atoms with Gasteiger partial charge in [0.15, 0.2) is 0 Å². The van der Waals surface area contributed by atoms with Gasteiger partial charge in [0.05, 0.1) is 0 Å². The van der Waals surface area contributed by atoms with Crippen molar-refractivity contribution in [3.05, 3.63) is 0 Å². The standard InChI is InChI=1S/C12H24N2/c1-3-5-11(6-4-2)14-9-12(10-14)7-13-8-12/h11,13H,3-10H2,1-2H3. The molecule has 0 unspecified atom stereocenters. The Labute approximate surface area is 88.1 Å². The first kappa shape index (κ1) is 10.4. The first-order valence-electron chi connectivity index (χ1n) is 6.24. The molecule has 2 aliphatic rings. The van der Waals surface area contributed by atoms with Crippen molar-refractivity contribution in [1.82, 2.24) is 10.2 Å². The van der Waals surface area contributed by atoms with Crippen LogP contribution >= 0.6 is 0 Å². The lowest BCUT2D eigenvalue weighted by atomic mass is 9.73. The van der Waals surface area contributed by atoms with Crippen molar-refractivity contribution in [1.29, 1.82) is 0 Å². The molecular formula is C12H24N2. The second-order valence-electron chi connectivity index (χ2n) is 5.24. The zero-order valence-electron chi connectivity index (χ0n) is 9.68. The maximum absolute atomic E-state index is 3.40. The Hall–Kier alpha value is -0.0800. The Balaban J connectivity index is 1.76. The topological polar surface area (TPSA) is 15.3 Å². The highest BCUT2D eigenvalue weighted by Gasteiger charge is 2.48. The van der Waals surface area contributed by atoms with Crippen LogP contribution in [0.3, 0.4) is 0 Å². The van der Waals surface area contributed by atoms with Crippen LogP contribution in [0.4, 0.5) is 0 Å². The van der Waals surface area contributed by atoms with Gasteiger partial charge in [-0.15, -0.1) is 0 Å². The van der Waals surface area contributed by atoms with Crippen LogP contribution in [0, 0.1) is 5.41 Å². The van der Waals surface area contributed by atoms with E-state index < -0.39 is 0 Å². The van der Waals surface area contributed by atoms with Gasteiger partial charge in [-0.3, -0.25) is 4.90 Å². The number of hydrogen-bond acceptors (Lipinski definition) is 2. The number of rotatable bonds is 5. The number of nitrogens with zero attached hydrogens (tertiary/aromatic N) is 1. The maximum atomic E-state index is 3.40. The lowest BCUT2D eigenvalue weighted by Gasteiger charge is -2.58. The van der Waals surface area contributed by atoms with E-state index in [0.717, 1.165) is 6.04 Å². The lowest BCUT2D eigenvalue weighted by Crippen LogP contribution is -2.72. The van der Waals surface area contributed by atoms with Gasteiger partial charge in [-0.2, -0.15) is 0 Å². The maximum Gasteiger partial charge on any atom is 0.0207 e. The third-order valence-electron chi connectivity index (χ3n) is 3.84. The molecule has 2 saturated heterocycles. The van der Waals surface area contributed by atoms with Crippen molar-refractivity contribution in [2.45, 2.75) is 45.6 Å². The molecular weight excluding hydrogens is 172 g/mol. The normalized spacial score (nSPS) is 25.1. The molecule has 0 amide bonds. The van der Waals surface area contributed by atoms with Gasteiger partial charge in [-0.05, 0) is 12.8 Å². The third-order valence-corrected chi connectivity index (χ3v) is 3.84. The number of nitrogens with one attached hydrogen (secondary N) is 1. The molecule has 0 aliphatic carbocycles. The van der Waals surface area contributed by atoms with E-state index in [4.69, 9.17) is 0 Å². The molecule has 1 spiro atoms. The van der Waals surface area contributed by atoms with E-state index in [1.54, 1.807) is 0 Å². The van der Waals surface area contributed by atoms with Gasteiger partial charge in [-0.25, -0.2) is 0 Å². The summed E-state index contributed by atoms with van der Waals surface area (Å²) in [4.78, 5) is 2.72. The van der Waals surface area contributed by atoms with Crippen LogP contribution in [0.1, 0.15) is 39.5 Å². The molecule has 2 heterocycles. The summed E-state index contributed by atoms with van der Waals surface area (Å²) in [7, 11) is 0. The van der Waals surface area contributed by atoms with E-state index in [2.05, 4.69) is 24.1 Å². The molecule has 0 saturated carbocycles. The average molecular weight is 196 g/mol. The van der Waals surface area contributed by atoms with Crippen LogP contribution in [-0.4, -0.2) is 37.1 Å². The van der Waals surface area contributed by atoms with Crippen LogP contribution in [0.5, 0.6) is 0 Å². The van der Waals surface area contributed by atoms with Crippen molar-refractivity contribution in [3.8, 4) is 0 Å². The van der Waals surface area contributed by atoms with E-state index in [-0.39, 0.29) is 0 Å². The molecule has 1 N–H and O–H groups in total. The van der Waals surface area contributed by atoms with Crippen LogP contribution in [0.2, 0.25) is 0 Å². The summed E-state index contributed by atoms with van der Waals surface area (Å²) in [6.45, 7) is 9.89. The second-order valence-corrected chi connectivity index (χ2v) is 5.24. The van der Waals surface area contributed by atoms with Crippen molar-refractivity contribution in [2.75, 3.05) is 26.2 Å². The Bertz CT molecular complexity index is 173. The van der Waals surface area contributed by atoms with Gasteiger partial charge in [0.25, 0.3) is 0 Å². The fourth-order valence-electron chi connectivity index (χ4n) is 2.95. The summed E-state index contributed by atoms with van der Waals surface area (Å²) in [5.74, 6) is 0. The SMILES string of the molecule is CCCC(CCC)N1CC2(CNC2)C1. The minimum atomic E-state index is 0.708. The fraction of sp³-hybridized carbons (Fsp3) is 1.00. The number of hydrogen-bond donors (Lipinski definition) is 1. The summed E-state index contributed by atoms with van der Waals surface area (Å²) >= 11 is 0. The highest BCUT2D eigenvalue weighted by atomic mass is 15.3. The Morgan fingerprint density at radius 1 is 1.14 bits per heavy atom. The van der Waals surface area contributed by atoms with Gasteiger partial charge < -0.3 is 5.32 Å². The van der Waals surface area contributed by atoms with Gasteiger partial charge in [0.2, 0.25) is 0 Å². The molecule has 0 bridgehead atoms. The van der Waals surface area contributed by atoms with Crippen LogP contribution < -0.4 is 5.32 Å². The largest absolute Gasteiger partial charge is 0.315 e. The predicted octanol–water partition coefficient (Wildman–Crippen LogP) is 1.86. The van der Waals surface area contributed by atoms with Crippen LogP contribution in [0.15, 0.2) is 0 Å². The Morgan fingerprint density at radius 2 is 1.71 bits per heavy atom. The van der Waals surface area contributed by atoms with E-state index >= 15 is 0 Å². The van der Waals surface area contributed by atoms with Gasteiger partial charge in [-0.1, -0.05) is 26.7 Å². The smallest absolute Gasteiger partial charge is 0.0207 e. The highest BCUT2D eigenvalue weighted by Crippen LogP contribution is 2.36. The van der Waals surface area contributed by atoms with Gasteiger partial charge in [0, 0.05) is 37.6 Å². The summed E-state index contributed by atoms with van der Waals surface area (Å²) in [6.07, 6.45) is 5.48. The molecule has 0 aromatic rings. The molecule has 2 nitrogen and oxygen atoms in total. The summed E-state index contributed by atoms with van der Waals surface area (Å²) in [5.41, 5.74) is 0.708. The van der Waals surface area contributed by atoms with Crippen molar-refractivity contribution < 1.29 is 0 Å². The minimum Gasteiger partial charge on any atom is -0.315 e. The van der Waals surface area contributed by atoms with Crippen LogP contribution in [-0.2, 0) is 0 Å². The first-order chi connectivity index (χ1) is 6.79. The minimum absolute atomic E-state index is 0.708. The highest BCUT2D eigenvalue weighted by molar-refractivity contribution is 5.05. The summed E-state index contributed by atoms with van der Waals surface area (Å²) in [5, 5.41) is 3.40. The summed E-state index contributed by atoms with van der Waals surface area (Å²) in [6, 6.07) is 0.885. The average Bonchev–Trinajstić information content (AvgIpc) is 1.99. The first-order valence-corrected chi connectivity index (χ1v) is 6.24. The van der Waals surface area contributed by atoms with E-state index in [9.17, 15) is 0 Å².